The number of halogens is 3. The number of fused-ring (bicyclic) bond motifs is 1. The molecule has 3 heterocycles. The quantitative estimate of drug-likeness (QED) is 0.620. The van der Waals surface area contributed by atoms with Crippen LogP contribution in [0.15, 0.2) is 35.3 Å². The Morgan fingerprint density at radius 1 is 1.29 bits per heavy atom. The number of hydrogen-bond donors (Lipinski definition) is 3. The Labute approximate surface area is 158 Å². The van der Waals surface area contributed by atoms with E-state index in [1.165, 1.54) is 29.0 Å². The molecule has 1 aliphatic rings. The second-order valence-corrected chi connectivity index (χ2v) is 6.84. The number of nitrogens with one attached hydrogen (secondary N) is 3. The van der Waals surface area contributed by atoms with Crippen molar-refractivity contribution in [3.63, 3.8) is 0 Å². The maximum absolute atomic E-state index is 13.3. The highest BCUT2D eigenvalue weighted by molar-refractivity contribution is 5.71. The van der Waals surface area contributed by atoms with E-state index >= 15 is 0 Å². The number of anilines is 1. The lowest BCUT2D eigenvalue weighted by Gasteiger charge is -2.13. The van der Waals surface area contributed by atoms with E-state index in [0.717, 1.165) is 25.6 Å². The minimum atomic E-state index is -4.50. The molecule has 0 bridgehead atoms. The van der Waals surface area contributed by atoms with E-state index in [0.29, 0.717) is 23.9 Å². The number of aromatic amines is 1. The SMILES string of the molecule is O=c1[nH]c2cnc(NCC3CCNC3)nc2n1Cc1ccccc1C(F)(F)F. The summed E-state index contributed by atoms with van der Waals surface area (Å²) in [5, 5.41) is 6.42. The third kappa shape index (κ3) is 3.72. The van der Waals surface area contributed by atoms with Gasteiger partial charge >= 0.3 is 11.9 Å². The molecule has 0 radical (unpaired) electrons. The minimum Gasteiger partial charge on any atom is -0.354 e. The van der Waals surface area contributed by atoms with Crippen LogP contribution in [0.2, 0.25) is 0 Å². The second kappa shape index (κ2) is 7.27. The van der Waals surface area contributed by atoms with Crippen molar-refractivity contribution in [3.8, 4) is 0 Å². The zero-order valence-corrected chi connectivity index (χ0v) is 14.9. The highest BCUT2D eigenvalue weighted by atomic mass is 19.4. The number of H-pyrrole nitrogens is 1. The molecule has 1 fully saturated rings. The smallest absolute Gasteiger partial charge is 0.354 e. The lowest BCUT2D eigenvalue weighted by Crippen LogP contribution is -2.21. The zero-order chi connectivity index (χ0) is 19.7. The molecule has 3 aromatic rings. The third-order valence-corrected chi connectivity index (χ3v) is 4.87. The first-order valence-corrected chi connectivity index (χ1v) is 8.97. The fourth-order valence-electron chi connectivity index (χ4n) is 3.41. The molecule has 2 aromatic heterocycles. The lowest BCUT2D eigenvalue weighted by molar-refractivity contribution is -0.138. The molecule has 3 N–H and O–H groups in total. The Kier molecular flexibility index (Phi) is 4.80. The van der Waals surface area contributed by atoms with Crippen LogP contribution < -0.4 is 16.3 Å². The van der Waals surface area contributed by atoms with E-state index in [9.17, 15) is 18.0 Å². The Bertz CT molecular complexity index is 1040. The molecule has 0 spiro atoms. The van der Waals surface area contributed by atoms with Gasteiger partial charge in [0.15, 0.2) is 5.65 Å². The maximum atomic E-state index is 13.3. The molecule has 0 amide bonds. The van der Waals surface area contributed by atoms with Crippen LogP contribution >= 0.6 is 0 Å². The molecule has 7 nitrogen and oxygen atoms in total. The summed E-state index contributed by atoms with van der Waals surface area (Å²) in [6, 6.07) is 5.21. The van der Waals surface area contributed by atoms with Crippen molar-refractivity contribution in [2.45, 2.75) is 19.1 Å². The van der Waals surface area contributed by atoms with Gasteiger partial charge in [-0.25, -0.2) is 9.78 Å². The molecule has 1 atom stereocenters. The fourth-order valence-corrected chi connectivity index (χ4v) is 3.41. The largest absolute Gasteiger partial charge is 0.416 e. The summed E-state index contributed by atoms with van der Waals surface area (Å²) in [5.41, 5.74) is -0.648. The van der Waals surface area contributed by atoms with E-state index in [4.69, 9.17) is 0 Å². The van der Waals surface area contributed by atoms with Gasteiger partial charge in [-0.05, 0) is 37.1 Å². The summed E-state index contributed by atoms with van der Waals surface area (Å²) >= 11 is 0. The lowest BCUT2D eigenvalue weighted by atomic mass is 10.1. The van der Waals surface area contributed by atoms with Crippen molar-refractivity contribution >= 4 is 17.1 Å². The summed E-state index contributed by atoms with van der Waals surface area (Å²) in [6.45, 7) is 2.34. The Morgan fingerprint density at radius 2 is 2.11 bits per heavy atom. The van der Waals surface area contributed by atoms with Gasteiger partial charge in [0.05, 0.1) is 18.3 Å². The predicted octanol–water partition coefficient (Wildman–Crippen LogP) is 2.21. The molecule has 4 rings (SSSR count). The molecule has 1 aliphatic heterocycles. The molecule has 1 aromatic carbocycles. The van der Waals surface area contributed by atoms with E-state index in [2.05, 4.69) is 25.6 Å². The van der Waals surface area contributed by atoms with Crippen molar-refractivity contribution in [3.05, 3.63) is 52.1 Å². The van der Waals surface area contributed by atoms with Gasteiger partial charge in [0, 0.05) is 6.54 Å². The van der Waals surface area contributed by atoms with E-state index < -0.39 is 17.4 Å². The maximum Gasteiger partial charge on any atom is 0.416 e. The molecule has 28 heavy (non-hydrogen) atoms. The van der Waals surface area contributed by atoms with Gasteiger partial charge in [0.1, 0.15) is 5.52 Å². The molecule has 148 valence electrons. The van der Waals surface area contributed by atoms with Crippen LogP contribution in [0.5, 0.6) is 0 Å². The first-order chi connectivity index (χ1) is 13.4. The van der Waals surface area contributed by atoms with Crippen molar-refractivity contribution in [2.75, 3.05) is 25.0 Å². The van der Waals surface area contributed by atoms with E-state index in [1.807, 2.05) is 0 Å². The van der Waals surface area contributed by atoms with Crippen molar-refractivity contribution in [1.82, 2.24) is 24.8 Å². The van der Waals surface area contributed by atoms with E-state index in [-0.39, 0.29) is 17.8 Å². The minimum absolute atomic E-state index is 0.00292. The highest BCUT2D eigenvalue weighted by Gasteiger charge is 2.33. The summed E-state index contributed by atoms with van der Waals surface area (Å²) in [5.74, 6) is 0.808. The third-order valence-electron chi connectivity index (χ3n) is 4.87. The van der Waals surface area contributed by atoms with Crippen LogP contribution in [0.4, 0.5) is 19.1 Å². The first-order valence-electron chi connectivity index (χ1n) is 8.97. The molecule has 0 aliphatic carbocycles. The molecule has 0 saturated carbocycles. The van der Waals surface area contributed by atoms with Gasteiger partial charge in [-0.2, -0.15) is 18.2 Å². The summed E-state index contributed by atoms with van der Waals surface area (Å²) in [4.78, 5) is 23.4. The zero-order valence-electron chi connectivity index (χ0n) is 14.9. The van der Waals surface area contributed by atoms with Crippen molar-refractivity contribution in [2.24, 2.45) is 5.92 Å². The van der Waals surface area contributed by atoms with Crippen LogP contribution in [-0.4, -0.2) is 39.2 Å². The molecule has 1 saturated heterocycles. The second-order valence-electron chi connectivity index (χ2n) is 6.84. The summed E-state index contributed by atoms with van der Waals surface area (Å²) in [7, 11) is 0. The van der Waals surface area contributed by atoms with Crippen LogP contribution in [-0.2, 0) is 12.7 Å². The van der Waals surface area contributed by atoms with Crippen molar-refractivity contribution < 1.29 is 13.2 Å². The summed E-state index contributed by atoms with van der Waals surface area (Å²) in [6.07, 6.45) is -1.98. The average Bonchev–Trinajstić information content (AvgIpc) is 3.28. The van der Waals surface area contributed by atoms with Crippen LogP contribution in [0.1, 0.15) is 17.5 Å². The van der Waals surface area contributed by atoms with Crippen LogP contribution in [0.25, 0.3) is 11.2 Å². The normalized spacial score (nSPS) is 17.3. The number of aromatic nitrogens is 4. The van der Waals surface area contributed by atoms with Crippen molar-refractivity contribution in [1.29, 1.82) is 0 Å². The number of hydrogen-bond acceptors (Lipinski definition) is 5. The summed E-state index contributed by atoms with van der Waals surface area (Å²) < 4.78 is 41.0. The van der Waals surface area contributed by atoms with Gasteiger partial charge < -0.3 is 15.6 Å². The molecular formula is C18H19F3N6O. The van der Waals surface area contributed by atoms with Gasteiger partial charge in [0.2, 0.25) is 5.95 Å². The number of imidazole rings is 1. The number of nitrogens with zero attached hydrogens (tertiary/aromatic N) is 3. The number of benzene rings is 1. The Hall–Kier alpha value is -2.88. The fraction of sp³-hybridized carbons (Fsp3) is 0.389. The van der Waals surface area contributed by atoms with Gasteiger partial charge in [-0.3, -0.25) is 4.57 Å². The van der Waals surface area contributed by atoms with Gasteiger partial charge in [-0.15, -0.1) is 0 Å². The predicted molar refractivity (Wildman–Crippen MR) is 98.2 cm³/mol. The molecule has 1 unspecified atom stereocenters. The Morgan fingerprint density at radius 3 is 2.86 bits per heavy atom. The highest BCUT2D eigenvalue weighted by Crippen LogP contribution is 2.32. The standard InChI is InChI=1S/C18H19F3N6O/c19-18(20,21)13-4-2-1-3-12(13)10-27-15-14(25-17(27)28)9-24-16(26-15)23-8-11-5-6-22-7-11/h1-4,9,11,22H,5-8,10H2,(H,25,28)(H,23,24,26). The van der Waals surface area contributed by atoms with E-state index in [1.54, 1.807) is 0 Å². The van der Waals surface area contributed by atoms with Crippen LogP contribution in [0, 0.1) is 5.92 Å². The molecular weight excluding hydrogens is 373 g/mol. The van der Waals surface area contributed by atoms with Gasteiger partial charge in [0.25, 0.3) is 0 Å². The number of rotatable bonds is 5. The van der Waals surface area contributed by atoms with Crippen LogP contribution in [0.3, 0.4) is 0 Å². The Balaban J connectivity index is 1.64. The average molecular weight is 392 g/mol. The first kappa shape index (κ1) is 18.5. The topological polar surface area (TPSA) is 87.6 Å². The molecule has 10 heteroatoms. The number of alkyl halides is 3. The monoisotopic (exact) mass is 392 g/mol. The van der Waals surface area contributed by atoms with Gasteiger partial charge in [-0.1, -0.05) is 18.2 Å².